The molecule has 92 valence electrons. The van der Waals surface area contributed by atoms with Crippen molar-refractivity contribution in [3.05, 3.63) is 28.5 Å². The van der Waals surface area contributed by atoms with E-state index in [4.69, 9.17) is 17.3 Å². The maximum absolute atomic E-state index is 6.07. The Morgan fingerprint density at radius 2 is 2.24 bits per heavy atom. The second-order valence-corrected chi connectivity index (χ2v) is 5.03. The van der Waals surface area contributed by atoms with Crippen LogP contribution in [-0.2, 0) is 6.42 Å². The Bertz CT molecular complexity index is 517. The summed E-state index contributed by atoms with van der Waals surface area (Å²) in [6.45, 7) is 4.03. The number of H-pyrrole nitrogens is 1. The second-order valence-electron chi connectivity index (χ2n) is 4.62. The first-order chi connectivity index (χ1) is 8.08. The topological polar surface area (TPSA) is 54.7 Å². The molecule has 0 amide bonds. The predicted octanol–water partition coefficient (Wildman–Crippen LogP) is 3.19. The van der Waals surface area contributed by atoms with Crippen LogP contribution in [0.1, 0.15) is 31.2 Å². The van der Waals surface area contributed by atoms with Crippen LogP contribution in [0.25, 0.3) is 11.0 Å². The van der Waals surface area contributed by atoms with Gasteiger partial charge in [-0.1, -0.05) is 11.6 Å². The molecule has 1 heterocycles. The standard InChI is InChI=1S/C13H18ClN3/c1-8(15)4-3-5-12-16-11-7-6-10(14)9(2)13(11)17-12/h6-8H,3-5,15H2,1-2H3,(H,16,17). The highest BCUT2D eigenvalue weighted by atomic mass is 35.5. The van der Waals surface area contributed by atoms with Gasteiger partial charge in [0, 0.05) is 17.5 Å². The number of aromatic nitrogens is 2. The van der Waals surface area contributed by atoms with Gasteiger partial charge in [0.1, 0.15) is 5.82 Å². The molecule has 0 aliphatic rings. The molecule has 1 aromatic carbocycles. The number of aryl methyl sites for hydroxylation is 2. The fraction of sp³-hybridized carbons (Fsp3) is 0.462. The maximum atomic E-state index is 6.07. The van der Waals surface area contributed by atoms with Gasteiger partial charge >= 0.3 is 0 Å². The zero-order valence-corrected chi connectivity index (χ0v) is 11.0. The van der Waals surface area contributed by atoms with Gasteiger partial charge in [0.25, 0.3) is 0 Å². The number of hydrogen-bond donors (Lipinski definition) is 2. The molecule has 2 rings (SSSR count). The van der Waals surface area contributed by atoms with Gasteiger partial charge in [0.05, 0.1) is 11.0 Å². The molecule has 17 heavy (non-hydrogen) atoms. The van der Waals surface area contributed by atoms with Crippen LogP contribution in [-0.4, -0.2) is 16.0 Å². The fourth-order valence-electron chi connectivity index (χ4n) is 1.95. The van der Waals surface area contributed by atoms with Gasteiger partial charge in [-0.3, -0.25) is 0 Å². The number of nitrogens with two attached hydrogens (primary N) is 1. The number of hydrogen-bond acceptors (Lipinski definition) is 2. The summed E-state index contributed by atoms with van der Waals surface area (Å²) in [5.74, 6) is 1.02. The molecule has 1 unspecified atom stereocenters. The van der Waals surface area contributed by atoms with Crippen molar-refractivity contribution in [1.82, 2.24) is 9.97 Å². The van der Waals surface area contributed by atoms with Crippen molar-refractivity contribution in [1.29, 1.82) is 0 Å². The smallest absolute Gasteiger partial charge is 0.107 e. The first-order valence-electron chi connectivity index (χ1n) is 5.97. The first kappa shape index (κ1) is 12.4. The minimum absolute atomic E-state index is 0.260. The van der Waals surface area contributed by atoms with Gasteiger partial charge in [0.2, 0.25) is 0 Å². The van der Waals surface area contributed by atoms with E-state index in [9.17, 15) is 0 Å². The lowest BCUT2D eigenvalue weighted by molar-refractivity contribution is 0.616. The molecule has 0 saturated carbocycles. The molecule has 1 atom stereocenters. The fourth-order valence-corrected chi connectivity index (χ4v) is 2.10. The average Bonchev–Trinajstić information content (AvgIpc) is 2.67. The monoisotopic (exact) mass is 251 g/mol. The van der Waals surface area contributed by atoms with Crippen LogP contribution in [0.5, 0.6) is 0 Å². The summed E-state index contributed by atoms with van der Waals surface area (Å²) in [5.41, 5.74) is 8.81. The van der Waals surface area contributed by atoms with Gasteiger partial charge < -0.3 is 10.7 Å². The second kappa shape index (κ2) is 5.07. The lowest BCUT2D eigenvalue weighted by atomic mass is 10.1. The minimum atomic E-state index is 0.260. The number of nitrogens with zero attached hydrogens (tertiary/aromatic N) is 1. The van der Waals surface area contributed by atoms with Crippen LogP contribution in [0.3, 0.4) is 0 Å². The van der Waals surface area contributed by atoms with Crippen molar-refractivity contribution in [2.45, 2.75) is 39.2 Å². The molecule has 4 heteroatoms. The molecule has 0 fully saturated rings. The van der Waals surface area contributed by atoms with Crippen LogP contribution in [0, 0.1) is 6.92 Å². The number of benzene rings is 1. The molecule has 1 aromatic heterocycles. The van der Waals surface area contributed by atoms with Gasteiger partial charge in [0.15, 0.2) is 0 Å². The Labute approximate surface area is 106 Å². The largest absolute Gasteiger partial charge is 0.342 e. The quantitative estimate of drug-likeness (QED) is 0.877. The summed E-state index contributed by atoms with van der Waals surface area (Å²) in [5, 5.41) is 0.770. The lowest BCUT2D eigenvalue weighted by Gasteiger charge is -2.01. The number of halogens is 1. The zero-order valence-electron chi connectivity index (χ0n) is 10.3. The van der Waals surface area contributed by atoms with E-state index < -0.39 is 0 Å². The zero-order chi connectivity index (χ0) is 12.4. The van der Waals surface area contributed by atoms with Crippen LogP contribution < -0.4 is 5.73 Å². The highest BCUT2D eigenvalue weighted by Gasteiger charge is 2.07. The van der Waals surface area contributed by atoms with E-state index in [-0.39, 0.29) is 6.04 Å². The SMILES string of the molecule is Cc1c(Cl)ccc2[nH]c(CCCC(C)N)nc12. The Balaban J connectivity index is 2.17. The van der Waals surface area contributed by atoms with E-state index in [0.717, 1.165) is 46.7 Å². The molecule has 0 spiro atoms. The van der Waals surface area contributed by atoms with Crippen LogP contribution in [0.4, 0.5) is 0 Å². The number of imidazole rings is 1. The molecule has 3 N–H and O–H groups in total. The minimum Gasteiger partial charge on any atom is -0.342 e. The first-order valence-corrected chi connectivity index (χ1v) is 6.35. The molecule has 0 bridgehead atoms. The van der Waals surface area contributed by atoms with Crippen LogP contribution >= 0.6 is 11.6 Å². The maximum Gasteiger partial charge on any atom is 0.107 e. The van der Waals surface area contributed by atoms with E-state index in [2.05, 4.69) is 9.97 Å². The highest BCUT2D eigenvalue weighted by molar-refractivity contribution is 6.32. The molecule has 0 saturated heterocycles. The van der Waals surface area contributed by atoms with E-state index in [1.165, 1.54) is 0 Å². The Hall–Kier alpha value is -1.06. The third-order valence-electron chi connectivity index (χ3n) is 2.96. The van der Waals surface area contributed by atoms with Crippen molar-refractivity contribution in [3.63, 3.8) is 0 Å². The van der Waals surface area contributed by atoms with Gasteiger partial charge in [-0.2, -0.15) is 0 Å². The third kappa shape index (κ3) is 2.79. The Kier molecular flexibility index (Phi) is 3.69. The Morgan fingerprint density at radius 3 is 2.94 bits per heavy atom. The van der Waals surface area contributed by atoms with Crippen molar-refractivity contribution in [2.75, 3.05) is 0 Å². The summed E-state index contributed by atoms with van der Waals surface area (Å²) >= 11 is 6.07. The van der Waals surface area contributed by atoms with Gasteiger partial charge in [-0.25, -0.2) is 4.98 Å². The number of nitrogens with one attached hydrogen (secondary N) is 1. The normalized spacial score (nSPS) is 13.2. The van der Waals surface area contributed by atoms with Crippen molar-refractivity contribution in [3.8, 4) is 0 Å². The van der Waals surface area contributed by atoms with E-state index in [0.29, 0.717) is 0 Å². The average molecular weight is 252 g/mol. The summed E-state index contributed by atoms with van der Waals surface area (Å²) < 4.78 is 0. The number of aromatic amines is 1. The summed E-state index contributed by atoms with van der Waals surface area (Å²) in [7, 11) is 0. The van der Waals surface area contributed by atoms with E-state index in [1.807, 2.05) is 26.0 Å². The van der Waals surface area contributed by atoms with Crippen LogP contribution in [0.15, 0.2) is 12.1 Å². The van der Waals surface area contributed by atoms with Gasteiger partial charge in [-0.05, 0) is 44.4 Å². The molecule has 0 aliphatic carbocycles. The number of rotatable bonds is 4. The molecule has 2 aromatic rings. The van der Waals surface area contributed by atoms with Crippen molar-refractivity contribution in [2.24, 2.45) is 5.73 Å². The summed E-state index contributed by atoms with van der Waals surface area (Å²) in [4.78, 5) is 7.92. The third-order valence-corrected chi connectivity index (χ3v) is 3.37. The molecule has 0 radical (unpaired) electrons. The molecule has 3 nitrogen and oxygen atoms in total. The van der Waals surface area contributed by atoms with E-state index >= 15 is 0 Å². The Morgan fingerprint density at radius 1 is 1.47 bits per heavy atom. The molecular formula is C13H18ClN3. The number of fused-ring (bicyclic) bond motifs is 1. The summed E-state index contributed by atoms with van der Waals surface area (Å²) in [6, 6.07) is 4.14. The summed E-state index contributed by atoms with van der Waals surface area (Å²) in [6.07, 6.45) is 3.02. The van der Waals surface area contributed by atoms with Crippen molar-refractivity contribution < 1.29 is 0 Å². The predicted molar refractivity (Wildman–Crippen MR) is 72.4 cm³/mol. The molecule has 0 aliphatic heterocycles. The lowest BCUT2D eigenvalue weighted by Crippen LogP contribution is -2.14. The molecular weight excluding hydrogens is 234 g/mol. The highest BCUT2D eigenvalue weighted by Crippen LogP contribution is 2.23. The van der Waals surface area contributed by atoms with Gasteiger partial charge in [-0.15, -0.1) is 0 Å². The van der Waals surface area contributed by atoms with E-state index in [1.54, 1.807) is 0 Å². The van der Waals surface area contributed by atoms with Crippen molar-refractivity contribution >= 4 is 22.6 Å². The van der Waals surface area contributed by atoms with Crippen LogP contribution in [0.2, 0.25) is 5.02 Å².